The van der Waals surface area contributed by atoms with Gasteiger partial charge in [-0.2, -0.15) is 4.31 Å². The van der Waals surface area contributed by atoms with Crippen LogP contribution in [0.4, 0.5) is 0 Å². The van der Waals surface area contributed by atoms with Gasteiger partial charge in [0.1, 0.15) is 4.21 Å². The van der Waals surface area contributed by atoms with Crippen molar-refractivity contribution in [3.8, 4) is 11.5 Å². The van der Waals surface area contributed by atoms with Crippen LogP contribution in [0, 0.1) is 0 Å². The van der Waals surface area contributed by atoms with Crippen molar-refractivity contribution in [1.82, 2.24) is 9.62 Å². The molecule has 0 saturated carbocycles. The molecule has 0 saturated heterocycles. The number of likely N-dealkylation sites (N-methyl/N-ethyl adjacent to an activating group) is 1. The summed E-state index contributed by atoms with van der Waals surface area (Å²) >= 11 is 6.79. The van der Waals surface area contributed by atoms with E-state index in [0.717, 1.165) is 34.0 Å². The van der Waals surface area contributed by atoms with Gasteiger partial charge in [-0.05, 0) is 49.6 Å². The van der Waals surface area contributed by atoms with Crippen LogP contribution in [-0.2, 0) is 14.8 Å². The van der Waals surface area contributed by atoms with Gasteiger partial charge in [0.2, 0.25) is 5.91 Å². The van der Waals surface area contributed by atoms with E-state index in [0.29, 0.717) is 29.0 Å². The molecule has 0 fully saturated rings. The molecule has 1 amide bonds. The van der Waals surface area contributed by atoms with Crippen molar-refractivity contribution in [1.29, 1.82) is 0 Å². The third-order valence-electron chi connectivity index (χ3n) is 4.35. The van der Waals surface area contributed by atoms with Crippen molar-refractivity contribution in [3.63, 3.8) is 0 Å². The Hall–Kier alpha value is -1.81. The Bertz CT molecular complexity index is 978. The molecule has 1 aromatic carbocycles. The molecule has 2 rings (SSSR count). The van der Waals surface area contributed by atoms with E-state index in [9.17, 15) is 13.2 Å². The first-order valence-electron chi connectivity index (χ1n) is 10.1. The minimum atomic E-state index is -3.78. The summed E-state index contributed by atoms with van der Waals surface area (Å²) < 4.78 is 38.2. The van der Waals surface area contributed by atoms with Crippen LogP contribution in [0.1, 0.15) is 45.2 Å². The van der Waals surface area contributed by atoms with Gasteiger partial charge in [-0.1, -0.05) is 31.5 Å². The van der Waals surface area contributed by atoms with Crippen LogP contribution in [0.2, 0.25) is 4.34 Å². The number of hydrogen-bond donors (Lipinski definition) is 1. The standard InChI is InChI=1S/C21H29ClN2O5S2/c1-5-11-28-17-8-7-16(13-18(17)29-12-6-2)15(3)23-20(25)14-24(4)31(26,27)21-10-9-19(22)30-21/h7-10,13,15H,5-6,11-12,14H2,1-4H3,(H,23,25). The Morgan fingerprint density at radius 1 is 1.13 bits per heavy atom. The lowest BCUT2D eigenvalue weighted by molar-refractivity contribution is -0.121. The van der Waals surface area contributed by atoms with E-state index in [4.69, 9.17) is 21.1 Å². The molecule has 1 N–H and O–H groups in total. The number of carbonyl (C=O) groups excluding carboxylic acids is 1. The summed E-state index contributed by atoms with van der Waals surface area (Å²) in [7, 11) is -2.41. The Kier molecular flexibility index (Phi) is 9.61. The number of nitrogens with one attached hydrogen (secondary N) is 1. The second-order valence-corrected chi connectivity index (χ2v) is 11.0. The molecule has 1 aromatic heterocycles. The molecule has 0 radical (unpaired) electrons. The van der Waals surface area contributed by atoms with E-state index < -0.39 is 15.9 Å². The first-order chi connectivity index (χ1) is 14.7. The second kappa shape index (κ2) is 11.7. The van der Waals surface area contributed by atoms with Crippen molar-refractivity contribution in [2.75, 3.05) is 26.8 Å². The predicted molar refractivity (Wildman–Crippen MR) is 124 cm³/mol. The number of halogens is 1. The van der Waals surface area contributed by atoms with Gasteiger partial charge < -0.3 is 14.8 Å². The fraction of sp³-hybridized carbons (Fsp3) is 0.476. The van der Waals surface area contributed by atoms with Crippen LogP contribution in [0.25, 0.3) is 0 Å². The summed E-state index contributed by atoms with van der Waals surface area (Å²) in [6.45, 7) is 6.72. The fourth-order valence-corrected chi connectivity index (χ4v) is 5.52. The van der Waals surface area contributed by atoms with Gasteiger partial charge in [0.05, 0.1) is 30.1 Å². The summed E-state index contributed by atoms with van der Waals surface area (Å²) in [5, 5.41) is 2.84. The van der Waals surface area contributed by atoms with E-state index in [1.54, 1.807) is 0 Å². The molecular weight excluding hydrogens is 460 g/mol. The van der Waals surface area contributed by atoms with Gasteiger partial charge >= 0.3 is 0 Å². The highest BCUT2D eigenvalue weighted by Gasteiger charge is 2.25. The smallest absolute Gasteiger partial charge is 0.252 e. The number of ether oxygens (including phenoxy) is 2. The lowest BCUT2D eigenvalue weighted by Gasteiger charge is -2.20. The third-order valence-corrected chi connectivity index (χ3v) is 7.85. The maximum atomic E-state index is 12.6. The summed E-state index contributed by atoms with van der Waals surface area (Å²) in [5.41, 5.74) is 0.832. The van der Waals surface area contributed by atoms with Crippen LogP contribution in [-0.4, -0.2) is 45.4 Å². The maximum Gasteiger partial charge on any atom is 0.252 e. The molecule has 1 atom stereocenters. The molecule has 172 valence electrons. The maximum absolute atomic E-state index is 12.6. The molecule has 0 aliphatic heterocycles. The van der Waals surface area contributed by atoms with Gasteiger partial charge in [0, 0.05) is 7.05 Å². The second-order valence-electron chi connectivity index (χ2n) is 7.01. The van der Waals surface area contributed by atoms with Gasteiger partial charge in [-0.15, -0.1) is 11.3 Å². The van der Waals surface area contributed by atoms with Crippen molar-refractivity contribution < 1.29 is 22.7 Å². The molecule has 0 aliphatic carbocycles. The molecular formula is C21H29ClN2O5S2. The van der Waals surface area contributed by atoms with Gasteiger partial charge in [0.25, 0.3) is 10.0 Å². The summed E-state index contributed by atoms with van der Waals surface area (Å²) in [6, 6.07) is 8.14. The first kappa shape index (κ1) is 25.5. The fourth-order valence-electron chi connectivity index (χ4n) is 2.70. The molecule has 0 bridgehead atoms. The number of sulfonamides is 1. The van der Waals surface area contributed by atoms with Crippen LogP contribution < -0.4 is 14.8 Å². The van der Waals surface area contributed by atoms with E-state index in [1.165, 1.54) is 19.2 Å². The molecule has 31 heavy (non-hydrogen) atoms. The zero-order valence-corrected chi connectivity index (χ0v) is 20.6. The largest absolute Gasteiger partial charge is 0.490 e. The average Bonchev–Trinajstić information content (AvgIpc) is 3.17. The molecule has 0 aliphatic rings. The molecule has 7 nitrogen and oxygen atoms in total. The zero-order valence-electron chi connectivity index (χ0n) is 18.2. The number of amides is 1. The van der Waals surface area contributed by atoms with Gasteiger partial charge in [-0.3, -0.25) is 4.79 Å². The monoisotopic (exact) mass is 488 g/mol. The van der Waals surface area contributed by atoms with Crippen LogP contribution in [0.5, 0.6) is 11.5 Å². The Labute approximate surface area is 193 Å². The number of rotatable bonds is 12. The molecule has 1 heterocycles. The van der Waals surface area contributed by atoms with Gasteiger partial charge in [-0.25, -0.2) is 8.42 Å². The quantitative estimate of drug-likeness (QED) is 0.476. The topological polar surface area (TPSA) is 84.9 Å². The van der Waals surface area contributed by atoms with Crippen molar-refractivity contribution in [3.05, 3.63) is 40.2 Å². The number of carbonyl (C=O) groups is 1. The predicted octanol–water partition coefficient (Wildman–Crippen LogP) is 4.48. The van der Waals surface area contributed by atoms with E-state index in [-0.39, 0.29) is 16.8 Å². The van der Waals surface area contributed by atoms with Crippen LogP contribution in [0.15, 0.2) is 34.5 Å². The number of benzene rings is 1. The molecule has 2 aromatic rings. The molecule has 1 unspecified atom stereocenters. The summed E-state index contributed by atoms with van der Waals surface area (Å²) in [6.07, 6.45) is 1.75. The number of hydrogen-bond acceptors (Lipinski definition) is 6. The van der Waals surface area contributed by atoms with Crippen molar-refractivity contribution >= 4 is 38.9 Å². The lowest BCUT2D eigenvalue weighted by Crippen LogP contribution is -2.39. The Balaban J connectivity index is 2.06. The highest BCUT2D eigenvalue weighted by molar-refractivity contribution is 7.91. The van der Waals surface area contributed by atoms with E-state index in [2.05, 4.69) is 5.32 Å². The highest BCUT2D eigenvalue weighted by Crippen LogP contribution is 2.31. The number of thiophene rings is 1. The SMILES string of the molecule is CCCOc1ccc(C(C)NC(=O)CN(C)S(=O)(=O)c2ccc(Cl)s2)cc1OCCC. The van der Waals surface area contributed by atoms with Crippen molar-refractivity contribution in [2.24, 2.45) is 0 Å². The number of nitrogens with zero attached hydrogens (tertiary/aromatic N) is 1. The van der Waals surface area contributed by atoms with E-state index >= 15 is 0 Å². The first-order valence-corrected chi connectivity index (χ1v) is 12.7. The summed E-state index contributed by atoms with van der Waals surface area (Å²) in [5.74, 6) is 0.879. The molecule has 0 spiro atoms. The lowest BCUT2D eigenvalue weighted by atomic mass is 10.1. The summed E-state index contributed by atoms with van der Waals surface area (Å²) in [4.78, 5) is 12.5. The van der Waals surface area contributed by atoms with E-state index in [1.807, 2.05) is 39.0 Å². The average molecular weight is 489 g/mol. The Morgan fingerprint density at radius 3 is 2.35 bits per heavy atom. The third kappa shape index (κ3) is 7.10. The minimum absolute atomic E-state index is 0.0984. The van der Waals surface area contributed by atoms with Gasteiger partial charge in [0.15, 0.2) is 11.5 Å². The molecule has 10 heteroatoms. The Morgan fingerprint density at radius 2 is 1.77 bits per heavy atom. The van der Waals surface area contributed by atoms with Crippen LogP contribution in [0.3, 0.4) is 0 Å². The van der Waals surface area contributed by atoms with Crippen molar-refractivity contribution in [2.45, 2.75) is 43.9 Å². The highest BCUT2D eigenvalue weighted by atomic mass is 35.5. The normalized spacial score (nSPS) is 12.6. The van der Waals surface area contributed by atoms with Crippen LogP contribution >= 0.6 is 22.9 Å². The zero-order chi connectivity index (χ0) is 23.0. The minimum Gasteiger partial charge on any atom is -0.490 e.